The van der Waals surface area contributed by atoms with Crippen LogP contribution in [-0.4, -0.2) is 34.8 Å². The third-order valence-electron chi connectivity index (χ3n) is 4.35. The standard InChI is InChI=1S/C17H32N2O2/c1-7-9-10-11-16(3,4)12-19-13(8-2)14(20)18-17(5,6)15(19)21/h13H,7-12H2,1-6H3,(H,18,20). The van der Waals surface area contributed by atoms with Gasteiger partial charge in [-0.15, -0.1) is 0 Å². The second-order valence-corrected chi connectivity index (χ2v) is 7.59. The van der Waals surface area contributed by atoms with Gasteiger partial charge in [0.2, 0.25) is 11.8 Å². The van der Waals surface area contributed by atoms with Gasteiger partial charge >= 0.3 is 0 Å². The lowest BCUT2D eigenvalue weighted by Gasteiger charge is -2.45. The van der Waals surface area contributed by atoms with E-state index in [-0.39, 0.29) is 23.3 Å². The summed E-state index contributed by atoms with van der Waals surface area (Å²) in [4.78, 5) is 26.7. The Labute approximate surface area is 129 Å². The molecule has 0 saturated carbocycles. The van der Waals surface area contributed by atoms with Crippen LogP contribution in [-0.2, 0) is 9.59 Å². The van der Waals surface area contributed by atoms with Crippen LogP contribution < -0.4 is 5.32 Å². The van der Waals surface area contributed by atoms with Crippen molar-refractivity contribution < 1.29 is 9.59 Å². The minimum Gasteiger partial charge on any atom is -0.340 e. The molecular formula is C17H32N2O2. The summed E-state index contributed by atoms with van der Waals surface area (Å²) in [5.41, 5.74) is -0.742. The highest BCUT2D eigenvalue weighted by molar-refractivity contribution is 5.99. The van der Waals surface area contributed by atoms with Crippen LogP contribution >= 0.6 is 0 Å². The van der Waals surface area contributed by atoms with E-state index in [9.17, 15) is 9.59 Å². The Morgan fingerprint density at radius 1 is 1.19 bits per heavy atom. The van der Waals surface area contributed by atoms with Gasteiger partial charge in [-0.25, -0.2) is 0 Å². The molecular weight excluding hydrogens is 264 g/mol. The van der Waals surface area contributed by atoms with Gasteiger partial charge < -0.3 is 10.2 Å². The van der Waals surface area contributed by atoms with Crippen LogP contribution in [0.5, 0.6) is 0 Å². The van der Waals surface area contributed by atoms with Gasteiger partial charge in [0.15, 0.2) is 0 Å². The predicted molar refractivity (Wildman–Crippen MR) is 85.9 cm³/mol. The zero-order valence-corrected chi connectivity index (χ0v) is 14.6. The number of unbranched alkanes of at least 4 members (excludes halogenated alkanes) is 2. The fourth-order valence-electron chi connectivity index (χ4n) is 3.07. The summed E-state index contributed by atoms with van der Waals surface area (Å²) >= 11 is 0. The fourth-order valence-corrected chi connectivity index (χ4v) is 3.07. The van der Waals surface area contributed by atoms with Crippen molar-refractivity contribution in [2.24, 2.45) is 5.41 Å². The van der Waals surface area contributed by atoms with Gasteiger partial charge in [-0.05, 0) is 32.1 Å². The summed E-state index contributed by atoms with van der Waals surface area (Å²) in [5, 5.41) is 2.84. The largest absolute Gasteiger partial charge is 0.340 e. The van der Waals surface area contributed by atoms with Crippen molar-refractivity contribution in [1.29, 1.82) is 0 Å². The molecule has 1 rings (SSSR count). The van der Waals surface area contributed by atoms with Crippen LogP contribution in [0.4, 0.5) is 0 Å². The molecule has 21 heavy (non-hydrogen) atoms. The van der Waals surface area contributed by atoms with Crippen LogP contribution in [0.3, 0.4) is 0 Å². The maximum Gasteiger partial charge on any atom is 0.248 e. The highest BCUT2D eigenvalue weighted by atomic mass is 16.2. The molecule has 122 valence electrons. The average Bonchev–Trinajstić information content (AvgIpc) is 2.35. The number of nitrogens with zero attached hydrogens (tertiary/aromatic N) is 1. The Bertz CT molecular complexity index is 388. The Hall–Kier alpha value is -1.06. The van der Waals surface area contributed by atoms with E-state index < -0.39 is 5.54 Å². The maximum absolute atomic E-state index is 12.7. The quantitative estimate of drug-likeness (QED) is 0.734. The van der Waals surface area contributed by atoms with Gasteiger partial charge in [0, 0.05) is 6.54 Å². The first kappa shape index (κ1) is 18.0. The third-order valence-corrected chi connectivity index (χ3v) is 4.35. The zero-order valence-electron chi connectivity index (χ0n) is 14.6. The minimum absolute atomic E-state index is 0.0218. The van der Waals surface area contributed by atoms with Crippen molar-refractivity contribution in [1.82, 2.24) is 10.2 Å². The molecule has 0 aromatic rings. The molecule has 4 nitrogen and oxygen atoms in total. The van der Waals surface area contributed by atoms with E-state index >= 15 is 0 Å². The highest BCUT2D eigenvalue weighted by Crippen LogP contribution is 2.29. The summed E-state index contributed by atoms with van der Waals surface area (Å²) in [6.45, 7) is 12.8. The number of nitrogens with one attached hydrogen (secondary N) is 1. The van der Waals surface area contributed by atoms with Crippen LogP contribution in [0.2, 0.25) is 0 Å². The smallest absolute Gasteiger partial charge is 0.248 e. The van der Waals surface area contributed by atoms with E-state index in [0.717, 1.165) is 6.42 Å². The van der Waals surface area contributed by atoms with Crippen molar-refractivity contribution in [2.45, 2.75) is 85.2 Å². The van der Waals surface area contributed by atoms with Crippen LogP contribution in [0.1, 0.15) is 73.6 Å². The van der Waals surface area contributed by atoms with Gasteiger partial charge in [-0.2, -0.15) is 0 Å². The fraction of sp³-hybridized carbons (Fsp3) is 0.882. The minimum atomic E-state index is -0.789. The number of hydrogen-bond acceptors (Lipinski definition) is 2. The first-order chi connectivity index (χ1) is 9.64. The third kappa shape index (κ3) is 4.45. The number of rotatable bonds is 7. The first-order valence-electron chi connectivity index (χ1n) is 8.27. The molecule has 1 saturated heterocycles. The van der Waals surface area contributed by atoms with Crippen LogP contribution in [0, 0.1) is 5.41 Å². The lowest BCUT2D eigenvalue weighted by Crippen LogP contribution is -2.68. The Kier molecular flexibility index (Phi) is 5.83. The number of carbonyl (C=O) groups is 2. The molecule has 0 radical (unpaired) electrons. The molecule has 4 heteroatoms. The molecule has 0 aromatic carbocycles. The topological polar surface area (TPSA) is 49.4 Å². The van der Waals surface area contributed by atoms with E-state index in [1.54, 1.807) is 13.8 Å². The molecule has 0 spiro atoms. The molecule has 1 fully saturated rings. The molecule has 1 aliphatic heterocycles. The molecule has 0 aliphatic carbocycles. The van der Waals surface area contributed by atoms with E-state index in [1.807, 2.05) is 11.8 Å². The predicted octanol–water partition coefficient (Wildman–Crippen LogP) is 3.11. The first-order valence-corrected chi connectivity index (χ1v) is 8.27. The maximum atomic E-state index is 12.7. The van der Waals surface area contributed by atoms with Gasteiger partial charge in [-0.1, -0.05) is 47.0 Å². The molecule has 1 N–H and O–H groups in total. The molecule has 1 aliphatic rings. The Morgan fingerprint density at radius 2 is 1.81 bits per heavy atom. The van der Waals surface area contributed by atoms with E-state index in [2.05, 4.69) is 26.1 Å². The number of carbonyl (C=O) groups excluding carboxylic acids is 2. The molecule has 2 amide bonds. The summed E-state index contributed by atoms with van der Waals surface area (Å²) < 4.78 is 0. The van der Waals surface area contributed by atoms with Crippen molar-refractivity contribution in [3.63, 3.8) is 0 Å². The lowest BCUT2D eigenvalue weighted by molar-refractivity contribution is -0.155. The van der Waals surface area contributed by atoms with E-state index in [4.69, 9.17) is 0 Å². The SMILES string of the molecule is CCCCCC(C)(C)CN1C(=O)C(C)(C)NC(=O)C1CC. The number of piperazine rings is 1. The highest BCUT2D eigenvalue weighted by Gasteiger charge is 2.45. The summed E-state index contributed by atoms with van der Waals surface area (Å²) in [6, 6.07) is -0.323. The normalized spacial score (nSPS) is 22.4. The van der Waals surface area contributed by atoms with Gasteiger partial charge in [-0.3, -0.25) is 9.59 Å². The molecule has 1 heterocycles. The van der Waals surface area contributed by atoms with Crippen molar-refractivity contribution >= 4 is 11.8 Å². The summed E-state index contributed by atoms with van der Waals surface area (Å²) in [7, 11) is 0. The van der Waals surface area contributed by atoms with E-state index in [1.165, 1.54) is 19.3 Å². The molecule has 1 atom stereocenters. The average molecular weight is 296 g/mol. The van der Waals surface area contributed by atoms with Crippen LogP contribution in [0.15, 0.2) is 0 Å². The van der Waals surface area contributed by atoms with Gasteiger partial charge in [0.25, 0.3) is 0 Å². The van der Waals surface area contributed by atoms with Crippen molar-refractivity contribution in [3.8, 4) is 0 Å². The number of hydrogen-bond donors (Lipinski definition) is 1. The van der Waals surface area contributed by atoms with E-state index in [0.29, 0.717) is 13.0 Å². The second kappa shape index (κ2) is 6.80. The zero-order chi connectivity index (χ0) is 16.3. The van der Waals surface area contributed by atoms with Crippen molar-refractivity contribution in [3.05, 3.63) is 0 Å². The summed E-state index contributed by atoms with van der Waals surface area (Å²) in [5.74, 6) is 0.0176. The monoisotopic (exact) mass is 296 g/mol. The van der Waals surface area contributed by atoms with Gasteiger partial charge in [0.1, 0.15) is 11.6 Å². The number of amides is 2. The Morgan fingerprint density at radius 3 is 2.33 bits per heavy atom. The summed E-state index contributed by atoms with van der Waals surface area (Å²) in [6.07, 6.45) is 5.35. The lowest BCUT2D eigenvalue weighted by atomic mass is 9.84. The second-order valence-electron chi connectivity index (χ2n) is 7.59. The molecule has 0 aromatic heterocycles. The molecule has 0 bridgehead atoms. The molecule has 1 unspecified atom stereocenters. The van der Waals surface area contributed by atoms with Crippen molar-refractivity contribution in [2.75, 3.05) is 6.54 Å². The Balaban J connectivity index is 2.85. The van der Waals surface area contributed by atoms with Crippen LogP contribution in [0.25, 0.3) is 0 Å². The van der Waals surface area contributed by atoms with Gasteiger partial charge in [0.05, 0.1) is 0 Å².